The standard InChI is InChI=1S/C23H22F6N2O4/c1-11-7-12(2)30-20(32)15(11)9-31-5-3-14-16(22(24,25)26)8-17(35-13-4-6-34-10-13)19(23(27,28)29)18(14)21(31)33/h7-8,13H,3-6,9-10H2,1-2H3,(H,30,32)/t13-/m1/s1. The topological polar surface area (TPSA) is 71.6 Å². The zero-order chi connectivity index (χ0) is 25.7. The number of carbonyl (C=O) groups excluding carboxylic acids is 1. The van der Waals surface area contributed by atoms with Gasteiger partial charge in [0.15, 0.2) is 0 Å². The van der Waals surface area contributed by atoms with Gasteiger partial charge in [0.1, 0.15) is 17.4 Å². The number of rotatable bonds is 4. The van der Waals surface area contributed by atoms with E-state index >= 15 is 0 Å². The highest BCUT2D eigenvalue weighted by molar-refractivity contribution is 5.99. The Balaban J connectivity index is 1.86. The fourth-order valence-electron chi connectivity index (χ4n) is 4.53. The summed E-state index contributed by atoms with van der Waals surface area (Å²) in [5, 5.41) is 0. The highest BCUT2D eigenvalue weighted by atomic mass is 19.4. The summed E-state index contributed by atoms with van der Waals surface area (Å²) in [6, 6.07) is 1.97. The zero-order valence-electron chi connectivity index (χ0n) is 18.8. The monoisotopic (exact) mass is 504 g/mol. The summed E-state index contributed by atoms with van der Waals surface area (Å²) >= 11 is 0. The van der Waals surface area contributed by atoms with Crippen LogP contribution in [0.15, 0.2) is 16.9 Å². The van der Waals surface area contributed by atoms with Gasteiger partial charge in [-0.05, 0) is 43.5 Å². The molecule has 1 saturated heterocycles. The first kappa shape index (κ1) is 25.1. The van der Waals surface area contributed by atoms with Crippen LogP contribution in [0.4, 0.5) is 26.3 Å². The van der Waals surface area contributed by atoms with Crippen LogP contribution in [0.5, 0.6) is 5.75 Å². The minimum Gasteiger partial charge on any atom is -0.487 e. The molecule has 2 aliphatic rings. The molecular formula is C23H22F6N2O4. The lowest BCUT2D eigenvalue weighted by molar-refractivity contribution is -0.143. The van der Waals surface area contributed by atoms with E-state index in [-0.39, 0.29) is 38.3 Å². The molecule has 4 rings (SSSR count). The number of nitrogens with zero attached hydrogens (tertiary/aromatic N) is 1. The molecule has 1 fully saturated rings. The summed E-state index contributed by atoms with van der Waals surface area (Å²) in [4.78, 5) is 29.2. The van der Waals surface area contributed by atoms with Crippen molar-refractivity contribution in [2.45, 2.75) is 51.7 Å². The molecule has 1 atom stereocenters. The first-order valence-electron chi connectivity index (χ1n) is 10.8. The summed E-state index contributed by atoms with van der Waals surface area (Å²) in [5.74, 6) is -2.30. The number of carbonyl (C=O) groups is 1. The molecule has 0 unspecified atom stereocenters. The number of pyridine rings is 1. The van der Waals surface area contributed by atoms with Gasteiger partial charge in [-0.15, -0.1) is 0 Å². The third-order valence-electron chi connectivity index (χ3n) is 6.14. The van der Waals surface area contributed by atoms with Crippen molar-refractivity contribution in [3.05, 3.63) is 61.6 Å². The maximum Gasteiger partial charge on any atom is 0.420 e. The van der Waals surface area contributed by atoms with Crippen LogP contribution < -0.4 is 10.3 Å². The van der Waals surface area contributed by atoms with Crippen LogP contribution in [-0.2, 0) is 30.1 Å². The summed E-state index contributed by atoms with van der Waals surface area (Å²) < 4.78 is 94.7. The SMILES string of the molecule is Cc1cc(C)c(CN2CCc3c(C(F)(F)F)cc(O[C@@H]4CCOC4)c(C(F)(F)F)c3C2=O)c(=O)[nH]1. The number of aromatic amines is 1. The van der Waals surface area contributed by atoms with Crippen LogP contribution in [-0.4, -0.2) is 41.7 Å². The number of H-pyrrole nitrogens is 1. The van der Waals surface area contributed by atoms with Gasteiger partial charge < -0.3 is 19.4 Å². The molecule has 0 spiro atoms. The van der Waals surface area contributed by atoms with Crippen molar-refractivity contribution in [2.75, 3.05) is 19.8 Å². The lowest BCUT2D eigenvalue weighted by atomic mass is 9.88. The van der Waals surface area contributed by atoms with Crippen molar-refractivity contribution >= 4 is 5.91 Å². The van der Waals surface area contributed by atoms with Crippen molar-refractivity contribution in [1.29, 1.82) is 0 Å². The van der Waals surface area contributed by atoms with E-state index in [1.54, 1.807) is 19.9 Å². The summed E-state index contributed by atoms with van der Waals surface area (Å²) in [5.41, 5.74) is -4.01. The molecule has 0 radical (unpaired) electrons. The fraction of sp³-hybridized carbons (Fsp3) is 0.478. The third-order valence-corrected chi connectivity index (χ3v) is 6.14. The molecule has 2 aliphatic heterocycles. The Hall–Kier alpha value is -3.02. The molecule has 0 aliphatic carbocycles. The predicted molar refractivity (Wildman–Crippen MR) is 111 cm³/mol. The van der Waals surface area contributed by atoms with Crippen molar-refractivity contribution in [2.24, 2.45) is 0 Å². The van der Waals surface area contributed by atoms with E-state index in [9.17, 15) is 35.9 Å². The number of aryl methyl sites for hydroxylation is 2. The Morgan fingerprint density at radius 3 is 2.40 bits per heavy atom. The van der Waals surface area contributed by atoms with Gasteiger partial charge >= 0.3 is 12.4 Å². The van der Waals surface area contributed by atoms with E-state index in [0.717, 1.165) is 4.90 Å². The van der Waals surface area contributed by atoms with Crippen molar-refractivity contribution in [3.63, 3.8) is 0 Å². The molecule has 190 valence electrons. The van der Waals surface area contributed by atoms with Crippen LogP contribution in [0.25, 0.3) is 0 Å². The molecule has 12 heteroatoms. The normalized spacial score (nSPS) is 18.7. The lowest BCUT2D eigenvalue weighted by Gasteiger charge is -2.33. The van der Waals surface area contributed by atoms with E-state index < -0.39 is 64.3 Å². The highest BCUT2D eigenvalue weighted by Crippen LogP contribution is 2.47. The number of fused-ring (bicyclic) bond motifs is 1. The number of amides is 1. The second-order valence-electron chi connectivity index (χ2n) is 8.67. The van der Waals surface area contributed by atoms with E-state index in [1.165, 1.54) is 0 Å². The Morgan fingerprint density at radius 1 is 1.11 bits per heavy atom. The van der Waals surface area contributed by atoms with Crippen LogP contribution in [0.1, 0.15) is 50.3 Å². The minimum absolute atomic E-state index is 0.0781. The largest absolute Gasteiger partial charge is 0.487 e. The lowest BCUT2D eigenvalue weighted by Crippen LogP contribution is -2.41. The molecule has 2 aromatic rings. The van der Waals surface area contributed by atoms with Crippen molar-refractivity contribution in [3.8, 4) is 5.75 Å². The van der Waals surface area contributed by atoms with E-state index in [1.807, 2.05) is 0 Å². The Labute approximate surface area is 195 Å². The molecule has 6 nitrogen and oxygen atoms in total. The summed E-state index contributed by atoms with van der Waals surface area (Å²) in [6.45, 7) is 2.74. The van der Waals surface area contributed by atoms with Crippen LogP contribution in [0.2, 0.25) is 0 Å². The number of ether oxygens (including phenoxy) is 2. The van der Waals surface area contributed by atoms with Gasteiger partial charge in [-0.3, -0.25) is 9.59 Å². The first-order valence-corrected chi connectivity index (χ1v) is 10.8. The van der Waals surface area contributed by atoms with Crippen molar-refractivity contribution in [1.82, 2.24) is 9.88 Å². The molecule has 0 saturated carbocycles. The smallest absolute Gasteiger partial charge is 0.420 e. The number of benzene rings is 1. The van der Waals surface area contributed by atoms with E-state index in [0.29, 0.717) is 17.3 Å². The highest BCUT2D eigenvalue weighted by Gasteiger charge is 2.47. The van der Waals surface area contributed by atoms with Gasteiger partial charge in [0.2, 0.25) is 0 Å². The molecular weight excluding hydrogens is 482 g/mol. The van der Waals surface area contributed by atoms with Gasteiger partial charge in [0.05, 0.1) is 30.9 Å². The number of hydrogen-bond acceptors (Lipinski definition) is 4. The maximum absolute atomic E-state index is 14.2. The van der Waals surface area contributed by atoms with Gasteiger partial charge in [-0.1, -0.05) is 0 Å². The number of hydrogen-bond donors (Lipinski definition) is 1. The number of halogens is 6. The number of alkyl halides is 6. The van der Waals surface area contributed by atoms with Crippen LogP contribution >= 0.6 is 0 Å². The molecule has 35 heavy (non-hydrogen) atoms. The predicted octanol–water partition coefficient (Wildman–Crippen LogP) is 4.40. The number of aromatic nitrogens is 1. The van der Waals surface area contributed by atoms with Crippen LogP contribution in [0.3, 0.4) is 0 Å². The Morgan fingerprint density at radius 2 is 1.83 bits per heavy atom. The fourth-order valence-corrected chi connectivity index (χ4v) is 4.53. The minimum atomic E-state index is -5.17. The Bertz CT molecular complexity index is 1210. The molecule has 0 bridgehead atoms. The Kier molecular flexibility index (Phi) is 6.37. The van der Waals surface area contributed by atoms with Gasteiger partial charge in [-0.25, -0.2) is 0 Å². The van der Waals surface area contributed by atoms with E-state index in [4.69, 9.17) is 9.47 Å². The molecule has 3 heterocycles. The number of nitrogens with one attached hydrogen (secondary N) is 1. The van der Waals surface area contributed by atoms with Crippen LogP contribution in [0, 0.1) is 13.8 Å². The maximum atomic E-state index is 14.2. The molecule has 1 amide bonds. The van der Waals surface area contributed by atoms with Gasteiger partial charge in [-0.2, -0.15) is 26.3 Å². The quantitative estimate of drug-likeness (QED) is 0.627. The van der Waals surface area contributed by atoms with Gasteiger partial charge in [0.25, 0.3) is 11.5 Å². The average Bonchev–Trinajstić information content (AvgIpc) is 3.23. The summed E-state index contributed by atoms with van der Waals surface area (Å²) in [6.07, 6.45) is -11.3. The second-order valence-corrected chi connectivity index (χ2v) is 8.67. The average molecular weight is 504 g/mol. The molecule has 1 aromatic carbocycles. The van der Waals surface area contributed by atoms with Gasteiger partial charge in [0, 0.05) is 24.2 Å². The van der Waals surface area contributed by atoms with E-state index in [2.05, 4.69) is 4.98 Å². The zero-order valence-corrected chi connectivity index (χ0v) is 18.8. The van der Waals surface area contributed by atoms with Crippen molar-refractivity contribution < 1.29 is 40.6 Å². The molecule has 1 aromatic heterocycles. The summed E-state index contributed by atoms with van der Waals surface area (Å²) in [7, 11) is 0. The third kappa shape index (κ3) is 4.89. The second kappa shape index (κ2) is 8.89. The first-order chi connectivity index (χ1) is 16.3. The molecule has 1 N–H and O–H groups in total.